The molecule has 2 heterocycles. The Morgan fingerprint density at radius 1 is 0.456 bits per heavy atom. The first kappa shape index (κ1) is 43.3. The fourth-order valence-corrected chi connectivity index (χ4v) is 9.92. The van der Waals surface area contributed by atoms with Gasteiger partial charge < -0.3 is 4.74 Å². The van der Waals surface area contributed by atoms with Crippen LogP contribution in [0.1, 0.15) is 191 Å². The molecule has 57 heavy (non-hydrogen) atoms. The summed E-state index contributed by atoms with van der Waals surface area (Å²) in [6, 6.07) is 27.7. The minimum absolute atomic E-state index is 0.0876. The maximum absolute atomic E-state index is 7.65. The van der Waals surface area contributed by atoms with Crippen LogP contribution in [0.4, 0.5) is 0 Å². The van der Waals surface area contributed by atoms with Gasteiger partial charge in [0.2, 0.25) is 0 Å². The van der Waals surface area contributed by atoms with Gasteiger partial charge in [-0.25, -0.2) is 0 Å². The fraction of sp³-hybridized carbons (Fsp3) is 0.593. The van der Waals surface area contributed by atoms with Crippen molar-refractivity contribution in [2.45, 2.75) is 181 Å². The Balaban J connectivity index is 1.20. The van der Waals surface area contributed by atoms with Crippen LogP contribution in [-0.2, 0) is 17.6 Å². The third kappa shape index (κ3) is 12.8. The van der Waals surface area contributed by atoms with Crippen LogP contribution in [0.2, 0.25) is 0 Å². The topological polar surface area (TPSA) is 35.0 Å². The first-order valence-electron chi connectivity index (χ1n) is 23.8. The van der Waals surface area contributed by atoms with Gasteiger partial charge >= 0.3 is 0 Å². The largest absolute Gasteiger partial charge is 0.365 e. The molecule has 6 rings (SSSR count). The number of aryl methyl sites for hydroxylation is 2. The van der Waals surface area contributed by atoms with Crippen LogP contribution in [-0.4, -0.2) is 9.97 Å². The molecule has 0 aliphatic heterocycles. The SMILES string of the molecule is CCCCCCCc1ccc(-c2ccc(C(OC(c3ccc(-c4ccc(CCCCCCC)cn4)cc3)C3CCC(CC)CC3)C3CCC(CC)CC3)cc2)nc1. The van der Waals surface area contributed by atoms with E-state index in [-0.39, 0.29) is 12.2 Å². The van der Waals surface area contributed by atoms with Crippen LogP contribution in [0.15, 0.2) is 85.2 Å². The maximum atomic E-state index is 7.65. The average molecular weight is 769 g/mol. The van der Waals surface area contributed by atoms with Gasteiger partial charge in [0.1, 0.15) is 0 Å². The zero-order valence-corrected chi connectivity index (χ0v) is 36.4. The highest BCUT2D eigenvalue weighted by atomic mass is 16.5. The van der Waals surface area contributed by atoms with Crippen molar-refractivity contribution in [3.05, 3.63) is 107 Å². The first-order chi connectivity index (χ1) is 28.1. The predicted molar refractivity (Wildman–Crippen MR) is 242 cm³/mol. The quantitative estimate of drug-likeness (QED) is 0.0747. The van der Waals surface area contributed by atoms with E-state index in [1.54, 1.807) is 0 Å². The number of hydrogen-bond acceptors (Lipinski definition) is 3. The van der Waals surface area contributed by atoms with Crippen molar-refractivity contribution in [1.29, 1.82) is 0 Å². The molecule has 0 N–H and O–H groups in total. The Morgan fingerprint density at radius 2 is 0.842 bits per heavy atom. The monoisotopic (exact) mass is 769 g/mol. The van der Waals surface area contributed by atoms with E-state index in [9.17, 15) is 0 Å². The van der Waals surface area contributed by atoms with Crippen molar-refractivity contribution < 1.29 is 4.74 Å². The van der Waals surface area contributed by atoms with E-state index in [0.29, 0.717) is 11.8 Å². The van der Waals surface area contributed by atoms with Crippen LogP contribution in [0.25, 0.3) is 22.5 Å². The summed E-state index contributed by atoms with van der Waals surface area (Å²) >= 11 is 0. The third-order valence-electron chi connectivity index (χ3n) is 13.9. The molecule has 2 fully saturated rings. The zero-order valence-electron chi connectivity index (χ0n) is 36.4. The molecule has 0 radical (unpaired) electrons. The number of hydrogen-bond donors (Lipinski definition) is 0. The van der Waals surface area contributed by atoms with Crippen molar-refractivity contribution in [3.63, 3.8) is 0 Å². The van der Waals surface area contributed by atoms with Gasteiger partial charge in [0, 0.05) is 23.5 Å². The van der Waals surface area contributed by atoms with Gasteiger partial charge in [0.25, 0.3) is 0 Å². The second-order valence-electron chi connectivity index (χ2n) is 18.0. The van der Waals surface area contributed by atoms with Gasteiger partial charge in [-0.2, -0.15) is 0 Å². The number of nitrogens with zero attached hydrogens (tertiary/aromatic N) is 2. The molecule has 2 aromatic heterocycles. The minimum atomic E-state index is 0.0876. The summed E-state index contributed by atoms with van der Waals surface area (Å²) in [6.07, 6.45) is 32.6. The van der Waals surface area contributed by atoms with E-state index in [2.05, 4.69) is 113 Å². The minimum Gasteiger partial charge on any atom is -0.365 e. The lowest BCUT2D eigenvalue weighted by molar-refractivity contribution is -0.0905. The molecule has 308 valence electrons. The fourth-order valence-electron chi connectivity index (χ4n) is 9.92. The maximum Gasteiger partial charge on any atom is 0.0861 e. The standard InChI is InChI=1S/C54H76N2O/c1-5-9-11-13-15-17-43-23-37-51(55-39-43)45-29-33-49(34-30-45)53(47-25-19-41(7-3)20-26-47)57-54(48-27-21-42(8-4)22-28-48)50-35-31-46(32-36-50)52-38-24-44(40-56-52)18-16-14-12-10-6-2/h23-24,29-42,47-48,53-54H,5-22,25-28H2,1-4H3. The van der Waals surface area contributed by atoms with Crippen molar-refractivity contribution in [3.8, 4) is 22.5 Å². The summed E-state index contributed by atoms with van der Waals surface area (Å²) < 4.78 is 7.65. The highest BCUT2D eigenvalue weighted by molar-refractivity contribution is 5.60. The van der Waals surface area contributed by atoms with Crippen LogP contribution in [0.3, 0.4) is 0 Å². The van der Waals surface area contributed by atoms with Crippen molar-refractivity contribution in [2.75, 3.05) is 0 Å². The Bertz CT molecular complexity index is 1540. The molecular weight excluding hydrogens is 693 g/mol. The molecule has 0 saturated heterocycles. The summed E-state index contributed by atoms with van der Waals surface area (Å²) in [7, 11) is 0. The highest BCUT2D eigenvalue weighted by Crippen LogP contribution is 2.47. The number of ether oxygens (including phenoxy) is 1. The molecule has 0 spiro atoms. The Morgan fingerprint density at radius 3 is 1.18 bits per heavy atom. The van der Waals surface area contributed by atoms with Crippen LogP contribution >= 0.6 is 0 Å². The van der Waals surface area contributed by atoms with Gasteiger partial charge in [-0.15, -0.1) is 0 Å². The summed E-state index contributed by atoms with van der Waals surface area (Å²) in [5.74, 6) is 2.79. The molecule has 2 atom stereocenters. The van der Waals surface area contributed by atoms with Gasteiger partial charge in [-0.3, -0.25) is 9.97 Å². The number of aromatic nitrogens is 2. The molecule has 3 nitrogen and oxygen atoms in total. The molecule has 2 unspecified atom stereocenters. The lowest BCUT2D eigenvalue weighted by atomic mass is 9.75. The second kappa shape index (κ2) is 23.3. The van der Waals surface area contributed by atoms with Crippen molar-refractivity contribution in [2.24, 2.45) is 23.7 Å². The molecule has 3 heteroatoms. The normalized spacial score (nSPS) is 21.0. The Labute approximate surface area is 348 Å². The summed E-state index contributed by atoms with van der Waals surface area (Å²) in [5, 5.41) is 0. The van der Waals surface area contributed by atoms with Gasteiger partial charge in [0.05, 0.1) is 23.6 Å². The average Bonchev–Trinajstić information content (AvgIpc) is 3.27. The highest BCUT2D eigenvalue weighted by Gasteiger charge is 2.35. The van der Waals surface area contributed by atoms with Crippen LogP contribution < -0.4 is 0 Å². The van der Waals surface area contributed by atoms with Crippen molar-refractivity contribution in [1.82, 2.24) is 9.97 Å². The van der Waals surface area contributed by atoms with Crippen LogP contribution in [0.5, 0.6) is 0 Å². The summed E-state index contributed by atoms with van der Waals surface area (Å²) in [5.41, 5.74) is 9.90. The Kier molecular flexibility index (Phi) is 17.7. The van der Waals surface area contributed by atoms with Gasteiger partial charge in [0.15, 0.2) is 0 Å². The van der Waals surface area contributed by atoms with E-state index in [1.165, 1.54) is 162 Å². The number of unbranched alkanes of at least 4 members (excludes halogenated alkanes) is 8. The van der Waals surface area contributed by atoms with E-state index in [4.69, 9.17) is 14.7 Å². The molecular formula is C54H76N2O. The number of benzene rings is 2. The van der Waals surface area contributed by atoms with Crippen LogP contribution in [0, 0.1) is 23.7 Å². The smallest absolute Gasteiger partial charge is 0.0861 e. The van der Waals surface area contributed by atoms with E-state index < -0.39 is 0 Å². The third-order valence-corrected chi connectivity index (χ3v) is 13.9. The van der Waals surface area contributed by atoms with Gasteiger partial charge in [-0.1, -0.05) is 178 Å². The lowest BCUT2D eigenvalue weighted by Gasteiger charge is -2.40. The Hall–Kier alpha value is -3.30. The molecule has 2 aliphatic rings. The van der Waals surface area contributed by atoms with E-state index in [1.807, 2.05) is 0 Å². The van der Waals surface area contributed by atoms with Gasteiger partial charge in [-0.05, 0) is 109 Å². The second-order valence-corrected chi connectivity index (χ2v) is 18.0. The molecule has 2 aliphatic carbocycles. The van der Waals surface area contributed by atoms with Crippen molar-refractivity contribution >= 4 is 0 Å². The summed E-state index contributed by atoms with van der Waals surface area (Å²) in [4.78, 5) is 9.85. The lowest BCUT2D eigenvalue weighted by Crippen LogP contribution is -2.28. The predicted octanol–water partition coefficient (Wildman–Crippen LogP) is 16.1. The number of pyridine rings is 2. The summed E-state index contributed by atoms with van der Waals surface area (Å²) in [6.45, 7) is 9.31. The molecule has 4 aromatic rings. The number of rotatable bonds is 22. The molecule has 2 aromatic carbocycles. The molecule has 2 saturated carbocycles. The van der Waals surface area contributed by atoms with E-state index >= 15 is 0 Å². The zero-order chi connectivity index (χ0) is 39.7. The van der Waals surface area contributed by atoms with E-state index in [0.717, 1.165) is 36.1 Å². The molecule has 0 bridgehead atoms. The first-order valence-corrected chi connectivity index (χ1v) is 23.8. The molecule has 0 amide bonds.